The molecule has 1 aromatic heterocycles. The summed E-state index contributed by atoms with van der Waals surface area (Å²) in [4.78, 5) is 4.04. The van der Waals surface area contributed by atoms with Crippen LogP contribution in [-0.2, 0) is 0 Å². The number of nitrogens with zero attached hydrogens (tertiary/aromatic N) is 1. The molecule has 2 nitrogen and oxygen atoms in total. The Morgan fingerprint density at radius 2 is 1.79 bits per heavy atom. The third-order valence-electron chi connectivity index (χ3n) is 1.67. The van der Waals surface area contributed by atoms with Gasteiger partial charge in [-0.25, -0.2) is 4.98 Å². The molecule has 0 fully saturated rings. The Balaban J connectivity index is 2.16. The van der Waals surface area contributed by atoms with E-state index in [2.05, 4.69) is 4.98 Å². The zero-order valence-corrected chi connectivity index (χ0v) is 8.11. The van der Waals surface area contributed by atoms with Crippen LogP contribution < -0.4 is 4.74 Å². The van der Waals surface area contributed by atoms with Crippen molar-refractivity contribution >= 4 is 11.6 Å². The first kappa shape index (κ1) is 9.03. The highest BCUT2D eigenvalue weighted by Gasteiger charge is 1.96. The van der Waals surface area contributed by atoms with E-state index in [9.17, 15) is 0 Å². The van der Waals surface area contributed by atoms with Gasteiger partial charge in [0, 0.05) is 17.3 Å². The van der Waals surface area contributed by atoms with Crippen molar-refractivity contribution in [3.8, 4) is 11.6 Å². The summed E-state index contributed by atoms with van der Waals surface area (Å²) < 4.78 is 5.46. The number of aromatic nitrogens is 1. The molecule has 1 heterocycles. The summed E-state index contributed by atoms with van der Waals surface area (Å²) in [6.07, 6.45) is 1.69. The minimum Gasteiger partial charge on any atom is -0.439 e. The van der Waals surface area contributed by atoms with Crippen LogP contribution in [0, 0.1) is 0 Å². The van der Waals surface area contributed by atoms with Crippen molar-refractivity contribution in [2.24, 2.45) is 0 Å². The summed E-state index contributed by atoms with van der Waals surface area (Å²) in [5, 5.41) is 0.693. The molecule has 0 aliphatic rings. The van der Waals surface area contributed by atoms with E-state index in [1.54, 1.807) is 36.5 Å². The van der Waals surface area contributed by atoms with Crippen molar-refractivity contribution in [2.75, 3.05) is 0 Å². The highest BCUT2D eigenvalue weighted by atomic mass is 35.5. The zero-order chi connectivity index (χ0) is 9.80. The SMILES string of the molecule is Clc1ccc(Oc2ccccn2)cc1. The van der Waals surface area contributed by atoms with E-state index in [0.717, 1.165) is 5.75 Å². The molecule has 0 saturated carbocycles. The highest BCUT2D eigenvalue weighted by molar-refractivity contribution is 6.30. The second-order valence-electron chi connectivity index (χ2n) is 2.72. The van der Waals surface area contributed by atoms with E-state index in [-0.39, 0.29) is 0 Å². The van der Waals surface area contributed by atoms with E-state index < -0.39 is 0 Å². The van der Waals surface area contributed by atoms with Crippen molar-refractivity contribution in [1.82, 2.24) is 4.98 Å². The normalized spacial score (nSPS) is 9.79. The lowest BCUT2D eigenvalue weighted by Crippen LogP contribution is -1.85. The lowest BCUT2D eigenvalue weighted by molar-refractivity contribution is 0.463. The molecule has 0 N–H and O–H groups in total. The fourth-order valence-electron chi connectivity index (χ4n) is 1.03. The molecule has 0 bridgehead atoms. The van der Waals surface area contributed by atoms with Gasteiger partial charge in [-0.3, -0.25) is 0 Å². The lowest BCUT2D eigenvalue weighted by Gasteiger charge is -2.03. The van der Waals surface area contributed by atoms with Crippen molar-refractivity contribution in [1.29, 1.82) is 0 Å². The summed E-state index contributed by atoms with van der Waals surface area (Å²) in [6, 6.07) is 12.7. The molecule has 14 heavy (non-hydrogen) atoms. The molecule has 2 aromatic rings. The number of benzene rings is 1. The number of hydrogen-bond acceptors (Lipinski definition) is 2. The van der Waals surface area contributed by atoms with Gasteiger partial charge in [0.2, 0.25) is 5.88 Å². The maximum atomic E-state index is 5.74. The predicted molar refractivity (Wildman–Crippen MR) is 55.8 cm³/mol. The smallest absolute Gasteiger partial charge is 0.219 e. The van der Waals surface area contributed by atoms with Gasteiger partial charge in [-0.05, 0) is 30.3 Å². The average molecular weight is 206 g/mol. The van der Waals surface area contributed by atoms with Crippen molar-refractivity contribution in [3.63, 3.8) is 0 Å². The molecule has 70 valence electrons. The van der Waals surface area contributed by atoms with Gasteiger partial charge in [-0.15, -0.1) is 0 Å². The van der Waals surface area contributed by atoms with Crippen LogP contribution in [-0.4, -0.2) is 4.98 Å². The zero-order valence-electron chi connectivity index (χ0n) is 7.35. The summed E-state index contributed by atoms with van der Waals surface area (Å²) in [5.74, 6) is 1.31. The molecular weight excluding hydrogens is 198 g/mol. The first-order valence-corrected chi connectivity index (χ1v) is 4.57. The van der Waals surface area contributed by atoms with Crippen LogP contribution in [0.3, 0.4) is 0 Å². The Kier molecular flexibility index (Phi) is 2.65. The maximum absolute atomic E-state index is 5.74. The molecular formula is C11H8ClNO. The summed E-state index contributed by atoms with van der Waals surface area (Å²) >= 11 is 5.74. The number of rotatable bonds is 2. The minimum atomic E-state index is 0.579. The molecule has 0 amide bonds. The average Bonchev–Trinajstić information content (AvgIpc) is 2.23. The van der Waals surface area contributed by atoms with E-state index in [0.29, 0.717) is 10.9 Å². The Morgan fingerprint density at radius 1 is 1.00 bits per heavy atom. The monoisotopic (exact) mass is 205 g/mol. The van der Waals surface area contributed by atoms with E-state index in [4.69, 9.17) is 16.3 Å². The van der Waals surface area contributed by atoms with Gasteiger partial charge in [0.1, 0.15) is 5.75 Å². The van der Waals surface area contributed by atoms with Gasteiger partial charge in [0.15, 0.2) is 0 Å². The Hall–Kier alpha value is -1.54. The topological polar surface area (TPSA) is 22.1 Å². The van der Waals surface area contributed by atoms with Gasteiger partial charge in [-0.2, -0.15) is 0 Å². The second-order valence-corrected chi connectivity index (χ2v) is 3.16. The molecule has 0 unspecified atom stereocenters. The van der Waals surface area contributed by atoms with Crippen LogP contribution in [0.2, 0.25) is 5.02 Å². The molecule has 2 rings (SSSR count). The fraction of sp³-hybridized carbons (Fsp3) is 0. The molecule has 1 aromatic carbocycles. The maximum Gasteiger partial charge on any atom is 0.219 e. The number of halogens is 1. The number of ether oxygens (including phenoxy) is 1. The first-order chi connectivity index (χ1) is 6.84. The van der Waals surface area contributed by atoms with Gasteiger partial charge in [-0.1, -0.05) is 17.7 Å². The number of hydrogen-bond donors (Lipinski definition) is 0. The Labute approximate surface area is 87.1 Å². The molecule has 0 spiro atoms. The first-order valence-electron chi connectivity index (χ1n) is 4.19. The largest absolute Gasteiger partial charge is 0.439 e. The highest BCUT2D eigenvalue weighted by Crippen LogP contribution is 2.20. The fourth-order valence-corrected chi connectivity index (χ4v) is 1.16. The van der Waals surface area contributed by atoms with Gasteiger partial charge in [0.05, 0.1) is 0 Å². The molecule has 0 atom stereocenters. The Bertz CT molecular complexity index is 399. The van der Waals surface area contributed by atoms with E-state index in [1.807, 2.05) is 12.1 Å². The van der Waals surface area contributed by atoms with Crippen LogP contribution in [0.15, 0.2) is 48.7 Å². The summed E-state index contributed by atoms with van der Waals surface area (Å²) in [6.45, 7) is 0. The minimum absolute atomic E-state index is 0.579. The molecule has 0 aliphatic heterocycles. The summed E-state index contributed by atoms with van der Waals surface area (Å²) in [7, 11) is 0. The van der Waals surface area contributed by atoms with Gasteiger partial charge < -0.3 is 4.74 Å². The molecule has 0 saturated heterocycles. The molecule has 3 heteroatoms. The van der Waals surface area contributed by atoms with Crippen LogP contribution in [0.25, 0.3) is 0 Å². The quantitative estimate of drug-likeness (QED) is 0.748. The molecule has 0 radical (unpaired) electrons. The van der Waals surface area contributed by atoms with Crippen LogP contribution in [0.1, 0.15) is 0 Å². The van der Waals surface area contributed by atoms with Crippen molar-refractivity contribution < 1.29 is 4.74 Å². The number of pyridine rings is 1. The van der Waals surface area contributed by atoms with Crippen LogP contribution in [0.4, 0.5) is 0 Å². The van der Waals surface area contributed by atoms with Gasteiger partial charge >= 0.3 is 0 Å². The van der Waals surface area contributed by atoms with E-state index in [1.165, 1.54) is 0 Å². The lowest BCUT2D eigenvalue weighted by atomic mass is 10.3. The predicted octanol–water partition coefficient (Wildman–Crippen LogP) is 3.53. The van der Waals surface area contributed by atoms with Crippen LogP contribution in [0.5, 0.6) is 11.6 Å². The Morgan fingerprint density at radius 3 is 2.43 bits per heavy atom. The molecule has 0 aliphatic carbocycles. The summed E-state index contributed by atoms with van der Waals surface area (Å²) in [5.41, 5.74) is 0. The second kappa shape index (κ2) is 4.11. The third kappa shape index (κ3) is 2.24. The third-order valence-corrected chi connectivity index (χ3v) is 1.93. The van der Waals surface area contributed by atoms with Gasteiger partial charge in [0.25, 0.3) is 0 Å². The standard InChI is InChI=1S/C11H8ClNO/c12-9-4-6-10(7-5-9)14-11-3-1-2-8-13-11/h1-8H. The van der Waals surface area contributed by atoms with Crippen molar-refractivity contribution in [3.05, 3.63) is 53.7 Å². The van der Waals surface area contributed by atoms with Crippen LogP contribution >= 0.6 is 11.6 Å². The van der Waals surface area contributed by atoms with Crippen molar-refractivity contribution in [2.45, 2.75) is 0 Å². The van der Waals surface area contributed by atoms with E-state index >= 15 is 0 Å².